The third-order valence-electron chi connectivity index (χ3n) is 1.59. The van der Waals surface area contributed by atoms with Gasteiger partial charge >= 0.3 is 0 Å². The highest BCUT2D eigenvalue weighted by atomic mass is 16.1. The fraction of sp³-hybridized carbons (Fsp3) is 0.533. The van der Waals surface area contributed by atoms with E-state index < -0.39 is 11.9 Å². The van der Waals surface area contributed by atoms with E-state index in [-0.39, 0.29) is 6.42 Å². The fourth-order valence-electron chi connectivity index (χ4n) is 0.619. The van der Waals surface area contributed by atoms with Crippen molar-refractivity contribution in [1.29, 1.82) is 0 Å². The molecule has 0 aromatic rings. The molecule has 0 aromatic carbocycles. The van der Waals surface area contributed by atoms with Gasteiger partial charge in [0.1, 0.15) is 6.29 Å². The van der Waals surface area contributed by atoms with Crippen LogP contribution in [0.1, 0.15) is 38.5 Å². The van der Waals surface area contributed by atoms with Crippen molar-refractivity contribution in [3.8, 4) is 0 Å². The van der Waals surface area contributed by atoms with E-state index in [1.807, 2.05) is 0 Å². The van der Waals surface area contributed by atoms with E-state index in [2.05, 4.69) is 39.9 Å². The van der Waals surface area contributed by atoms with Gasteiger partial charge in [0, 0.05) is 6.42 Å². The Kier molecular flexibility index (Phi) is 26.4. The first-order valence-electron chi connectivity index (χ1n) is 6.40. The van der Waals surface area contributed by atoms with Crippen molar-refractivity contribution in [1.82, 2.24) is 0 Å². The molecule has 1 amide bonds. The molecule has 0 saturated heterocycles. The van der Waals surface area contributed by atoms with Gasteiger partial charge in [-0.3, -0.25) is 4.79 Å². The number of hydrogen-bond acceptors (Lipinski definition) is 2. The monoisotopic (exact) mass is 268 g/mol. The molecule has 0 spiro atoms. The van der Waals surface area contributed by atoms with Crippen LogP contribution < -0.4 is 5.73 Å². The molecular weight excluding hydrogens is 240 g/mol. The lowest BCUT2D eigenvalue weighted by Crippen LogP contribution is -2.21. The summed E-state index contributed by atoms with van der Waals surface area (Å²) in [5.41, 5.74) is 4.87. The minimum atomic E-state index is -0.575. The zero-order chi connectivity index (χ0) is 15.5. The molecule has 0 aromatic heterocycles. The van der Waals surface area contributed by atoms with E-state index in [1.54, 1.807) is 0 Å². The van der Waals surface area contributed by atoms with Crippen LogP contribution >= 0.6 is 0 Å². The van der Waals surface area contributed by atoms with Gasteiger partial charge in [-0.05, 0) is 0 Å². The highest BCUT2D eigenvalue weighted by Gasteiger charge is 1.99. The maximum Gasteiger partial charge on any atom is 0.216 e. The summed E-state index contributed by atoms with van der Waals surface area (Å²) in [6, 6.07) is -0.575. The minimum Gasteiger partial charge on any atom is -0.650 e. The Labute approximate surface area is 119 Å². The molecule has 110 valence electrons. The number of nitrogens with two attached hydrogens (primary N) is 1. The van der Waals surface area contributed by atoms with Crippen LogP contribution in [-0.2, 0) is 9.59 Å². The molecule has 0 aliphatic rings. The quantitative estimate of drug-likeness (QED) is 0.543. The molecule has 4 heteroatoms. The van der Waals surface area contributed by atoms with Gasteiger partial charge < -0.3 is 29.7 Å². The Morgan fingerprint density at radius 2 is 1.58 bits per heavy atom. The molecule has 0 unspecified atom stereocenters. The molecule has 0 rings (SSSR count). The lowest BCUT2D eigenvalue weighted by molar-refractivity contribution is -0.120. The van der Waals surface area contributed by atoms with Crippen LogP contribution in [-0.4, -0.2) is 24.8 Å². The van der Waals surface area contributed by atoms with Crippen molar-refractivity contribution < 1.29 is 9.59 Å². The minimum absolute atomic E-state index is 0.00347. The largest absolute Gasteiger partial charge is 0.650 e. The summed E-state index contributed by atoms with van der Waals surface area (Å²) >= 11 is 0. The topological polar surface area (TPSA) is 74.3 Å². The van der Waals surface area contributed by atoms with Crippen molar-refractivity contribution in [2.24, 2.45) is 5.73 Å². The van der Waals surface area contributed by atoms with Gasteiger partial charge in [0.15, 0.2) is 0 Å². The number of primary amides is 1. The Morgan fingerprint density at radius 3 is 1.79 bits per heavy atom. The van der Waals surface area contributed by atoms with Gasteiger partial charge in [-0.1, -0.05) is 6.04 Å². The van der Waals surface area contributed by atoms with Crippen LogP contribution in [0.25, 0.3) is 5.32 Å². The number of carbonyl (C=O) groups excluding carboxylic acids is 2. The average Bonchev–Trinajstić information content (AvgIpc) is 2.43. The van der Waals surface area contributed by atoms with E-state index in [0.29, 0.717) is 19.3 Å². The lowest BCUT2D eigenvalue weighted by Gasteiger charge is -2.22. The lowest BCUT2D eigenvalue weighted by atomic mass is 10.2. The van der Waals surface area contributed by atoms with Crippen LogP contribution in [0.15, 0.2) is 0 Å². The first-order chi connectivity index (χ1) is 9.03. The van der Waals surface area contributed by atoms with Gasteiger partial charge in [-0.25, -0.2) is 0 Å². The van der Waals surface area contributed by atoms with E-state index in [4.69, 9.17) is 5.73 Å². The molecule has 2 N–H and O–H groups in total. The second-order valence-electron chi connectivity index (χ2n) is 3.55. The van der Waals surface area contributed by atoms with E-state index in [1.165, 1.54) is 0 Å². The molecule has 4 nitrogen and oxygen atoms in total. The summed E-state index contributed by atoms with van der Waals surface area (Å²) in [6.45, 7) is 18.2. The molecular formula is C15H28N2O2. The fourth-order valence-corrected chi connectivity index (χ4v) is 0.619. The third kappa shape index (κ3) is 31.5. The predicted octanol–water partition coefficient (Wildman–Crippen LogP) is 2.90. The molecule has 0 aliphatic heterocycles. The number of rotatable bonds is 8. The average molecular weight is 268 g/mol. The SMILES string of the molecule is [CH2+]CC[CH2-].[CH2+]CC[CH2-].[CH2+]CC[N-][C@@H](C=O)CC(N)=O. The molecule has 0 fully saturated rings. The molecule has 1 atom stereocenters. The Balaban J connectivity index is -0.000000264. The number of aldehydes is 1. The Morgan fingerprint density at radius 1 is 1.16 bits per heavy atom. The van der Waals surface area contributed by atoms with Crippen LogP contribution in [0.2, 0.25) is 0 Å². The van der Waals surface area contributed by atoms with Gasteiger partial charge in [0.05, 0.1) is 40.0 Å². The summed E-state index contributed by atoms with van der Waals surface area (Å²) in [5, 5.41) is 3.87. The van der Waals surface area contributed by atoms with Gasteiger partial charge in [-0.2, -0.15) is 0 Å². The number of unbranched alkanes of at least 4 members (excludes halogenated alkanes) is 2. The first-order valence-corrected chi connectivity index (χ1v) is 6.40. The highest BCUT2D eigenvalue weighted by molar-refractivity contribution is 5.79. The smallest absolute Gasteiger partial charge is 0.216 e. The molecule has 19 heavy (non-hydrogen) atoms. The van der Waals surface area contributed by atoms with Gasteiger partial charge in [0.25, 0.3) is 0 Å². The standard InChI is InChI=1S/C7H12N2O2.2C4H8/c1-2-3-9-6(5-10)4-7(8)11;2*1-3-4-2/h5-6H,1-4H2,(H2,8,11);2*1-4H2/t6-;;/m1../s1. The molecule has 0 aliphatic carbocycles. The van der Waals surface area contributed by atoms with Gasteiger partial charge in [-0.15, -0.1) is 19.4 Å². The molecule has 0 heterocycles. The van der Waals surface area contributed by atoms with Crippen molar-refractivity contribution >= 4 is 12.2 Å². The van der Waals surface area contributed by atoms with Gasteiger partial charge in [0.2, 0.25) is 5.91 Å². The number of hydrogen-bond donors (Lipinski definition) is 1. The highest BCUT2D eigenvalue weighted by Crippen LogP contribution is 2.02. The van der Waals surface area contributed by atoms with Crippen molar-refractivity contribution in [3.05, 3.63) is 39.9 Å². The summed E-state index contributed by atoms with van der Waals surface area (Å²) in [6.07, 6.45) is 5.09. The predicted molar refractivity (Wildman–Crippen MR) is 81.8 cm³/mol. The maximum absolute atomic E-state index is 10.3. The number of amides is 1. The van der Waals surface area contributed by atoms with E-state index >= 15 is 0 Å². The molecule has 0 radical (unpaired) electrons. The van der Waals surface area contributed by atoms with Crippen molar-refractivity contribution in [2.45, 2.75) is 44.6 Å². The second-order valence-corrected chi connectivity index (χ2v) is 3.55. The molecule has 0 saturated carbocycles. The first kappa shape index (κ1) is 22.9. The van der Waals surface area contributed by atoms with Crippen molar-refractivity contribution in [2.75, 3.05) is 6.54 Å². The number of nitrogens with zero attached hydrogens (tertiary/aromatic N) is 1. The van der Waals surface area contributed by atoms with E-state index in [0.717, 1.165) is 25.7 Å². The van der Waals surface area contributed by atoms with Crippen LogP contribution in [0.3, 0.4) is 0 Å². The maximum atomic E-state index is 10.3. The zero-order valence-electron chi connectivity index (χ0n) is 12.0. The second kappa shape index (κ2) is 21.9. The molecule has 0 bridgehead atoms. The van der Waals surface area contributed by atoms with E-state index in [9.17, 15) is 9.59 Å². The summed E-state index contributed by atoms with van der Waals surface area (Å²) < 4.78 is 0. The third-order valence-corrected chi connectivity index (χ3v) is 1.59. The summed E-state index contributed by atoms with van der Waals surface area (Å²) in [5.74, 6) is -0.505. The van der Waals surface area contributed by atoms with Crippen LogP contribution in [0, 0.1) is 34.6 Å². The van der Waals surface area contributed by atoms with Crippen LogP contribution in [0.5, 0.6) is 0 Å². The number of carbonyl (C=O) groups is 2. The summed E-state index contributed by atoms with van der Waals surface area (Å²) in [4.78, 5) is 20.5. The summed E-state index contributed by atoms with van der Waals surface area (Å²) in [7, 11) is 0. The zero-order valence-corrected chi connectivity index (χ0v) is 12.0. The Hall–Kier alpha value is -1.29. The Bertz CT molecular complexity index is 177. The normalized spacial score (nSPS) is 10.2. The van der Waals surface area contributed by atoms with Crippen molar-refractivity contribution in [3.63, 3.8) is 0 Å². The van der Waals surface area contributed by atoms with Crippen LogP contribution in [0.4, 0.5) is 0 Å².